The highest BCUT2D eigenvalue weighted by Crippen LogP contribution is 2.52. The van der Waals surface area contributed by atoms with Gasteiger partial charge in [0.15, 0.2) is 5.78 Å². The van der Waals surface area contributed by atoms with Crippen molar-refractivity contribution in [1.29, 1.82) is 0 Å². The Hall–Kier alpha value is -0.250. The minimum atomic E-state index is -0.333. The van der Waals surface area contributed by atoms with Crippen LogP contribution in [0.25, 0.3) is 0 Å². The van der Waals surface area contributed by atoms with E-state index in [1.165, 1.54) is 12.8 Å². The molecule has 1 unspecified atom stereocenters. The maximum atomic E-state index is 13.1. The van der Waals surface area contributed by atoms with Gasteiger partial charge in [-0.1, -0.05) is 58.9 Å². The van der Waals surface area contributed by atoms with Crippen LogP contribution in [0, 0.1) is 11.3 Å². The van der Waals surface area contributed by atoms with Gasteiger partial charge in [-0.05, 0) is 49.7 Å². The van der Waals surface area contributed by atoms with E-state index in [4.69, 9.17) is 27.9 Å². The fourth-order valence-corrected chi connectivity index (χ4v) is 5.08. The predicted molar refractivity (Wildman–Crippen MR) is 103 cm³/mol. The van der Waals surface area contributed by atoms with Crippen LogP contribution in [0.1, 0.15) is 61.4 Å². The van der Waals surface area contributed by atoms with Gasteiger partial charge in [0.2, 0.25) is 0 Å². The maximum absolute atomic E-state index is 13.1. The van der Waals surface area contributed by atoms with E-state index in [1.54, 1.807) is 0 Å². The van der Waals surface area contributed by atoms with E-state index in [1.807, 2.05) is 6.07 Å². The number of carbonyl (C=O) groups excluding carboxylic acids is 1. The van der Waals surface area contributed by atoms with Crippen molar-refractivity contribution in [3.8, 4) is 5.75 Å². The molecule has 0 aliphatic heterocycles. The molecule has 0 aromatic heterocycles. The molecule has 0 spiro atoms. The van der Waals surface area contributed by atoms with Crippen molar-refractivity contribution in [3.05, 3.63) is 27.2 Å². The maximum Gasteiger partial charge on any atom is 0.171 e. The van der Waals surface area contributed by atoms with Gasteiger partial charge in [-0.2, -0.15) is 0 Å². The van der Waals surface area contributed by atoms with Crippen LogP contribution in [-0.2, 0) is 6.42 Å². The molecule has 2 aliphatic carbocycles. The third-order valence-corrected chi connectivity index (χ3v) is 7.01. The van der Waals surface area contributed by atoms with Crippen LogP contribution in [0.2, 0.25) is 10.0 Å². The van der Waals surface area contributed by atoms with Crippen LogP contribution in [0.15, 0.2) is 6.07 Å². The van der Waals surface area contributed by atoms with E-state index < -0.39 is 0 Å². The van der Waals surface area contributed by atoms with Crippen molar-refractivity contribution in [2.24, 2.45) is 11.3 Å². The molecule has 0 heterocycles. The largest absolute Gasteiger partial charge is 0.492 e. The quantitative estimate of drug-likeness (QED) is 0.378. The first-order valence-electron chi connectivity index (χ1n) is 8.73. The van der Waals surface area contributed by atoms with Gasteiger partial charge >= 0.3 is 0 Å². The minimum absolute atomic E-state index is 0.169. The highest BCUT2D eigenvalue weighted by atomic mass is 79.9. The lowest BCUT2D eigenvalue weighted by Gasteiger charge is -2.29. The lowest BCUT2D eigenvalue weighted by atomic mass is 9.73. The van der Waals surface area contributed by atoms with E-state index in [2.05, 4.69) is 22.9 Å². The molecule has 2 aliphatic rings. The molecule has 1 atom stereocenters. The monoisotopic (exact) mass is 432 g/mol. The van der Waals surface area contributed by atoms with Gasteiger partial charge in [-0.3, -0.25) is 4.79 Å². The first-order chi connectivity index (χ1) is 11.5. The van der Waals surface area contributed by atoms with Gasteiger partial charge in [0.1, 0.15) is 10.8 Å². The minimum Gasteiger partial charge on any atom is -0.492 e. The fourth-order valence-electron chi connectivity index (χ4n) is 4.18. The Balaban J connectivity index is 1.86. The van der Waals surface area contributed by atoms with E-state index in [0.717, 1.165) is 43.0 Å². The normalized spacial score (nSPS) is 23.8. The third kappa shape index (κ3) is 3.24. The Morgan fingerprint density at radius 1 is 1.25 bits per heavy atom. The van der Waals surface area contributed by atoms with Crippen molar-refractivity contribution < 1.29 is 9.53 Å². The number of fused-ring (bicyclic) bond motifs is 1. The summed E-state index contributed by atoms with van der Waals surface area (Å²) >= 11 is 16.3. The molecular weight excluding hydrogens is 411 g/mol. The van der Waals surface area contributed by atoms with Crippen LogP contribution < -0.4 is 4.74 Å². The Morgan fingerprint density at radius 3 is 2.62 bits per heavy atom. The van der Waals surface area contributed by atoms with Crippen LogP contribution >= 0.6 is 39.1 Å². The van der Waals surface area contributed by atoms with E-state index >= 15 is 0 Å². The molecule has 0 bridgehead atoms. The second-order valence-corrected chi connectivity index (χ2v) is 8.74. The van der Waals surface area contributed by atoms with Crippen LogP contribution in [0.4, 0.5) is 0 Å². The number of unbranched alkanes of at least 4 members (excludes halogenated alkanes) is 1. The summed E-state index contributed by atoms with van der Waals surface area (Å²) in [7, 11) is 0. The van der Waals surface area contributed by atoms with Gasteiger partial charge in [0.05, 0.1) is 11.6 Å². The standard InChI is InChI=1S/C19H23BrCl2O2/c1-19(13-6-2-3-7-13)11-12-10-14(24-9-5-4-8-20)16(21)17(22)15(12)18(19)23/h10,13H,2-9,11H2,1H3. The second kappa shape index (κ2) is 7.55. The Labute approximate surface area is 162 Å². The average Bonchev–Trinajstić information content (AvgIpc) is 3.17. The van der Waals surface area contributed by atoms with E-state index in [-0.39, 0.29) is 11.2 Å². The smallest absolute Gasteiger partial charge is 0.171 e. The molecule has 0 amide bonds. The van der Waals surface area contributed by atoms with Crippen LogP contribution in [0.5, 0.6) is 5.75 Å². The van der Waals surface area contributed by atoms with Gasteiger partial charge in [0, 0.05) is 16.3 Å². The molecule has 5 heteroatoms. The summed E-state index contributed by atoms with van der Waals surface area (Å²) < 4.78 is 5.83. The lowest BCUT2D eigenvalue weighted by molar-refractivity contribution is 0.0744. The number of hydrogen-bond acceptors (Lipinski definition) is 2. The molecule has 0 saturated heterocycles. The van der Waals surface area contributed by atoms with Crippen LogP contribution in [0.3, 0.4) is 0 Å². The molecular formula is C19H23BrCl2O2. The number of carbonyl (C=O) groups is 1. The Morgan fingerprint density at radius 2 is 1.96 bits per heavy atom. The molecule has 24 heavy (non-hydrogen) atoms. The zero-order valence-corrected chi connectivity index (χ0v) is 17.1. The SMILES string of the molecule is CC1(C2CCCC2)Cc2cc(OCCCCBr)c(Cl)c(Cl)c2C1=O. The highest BCUT2D eigenvalue weighted by molar-refractivity contribution is 9.09. The molecule has 0 N–H and O–H groups in total. The Kier molecular flexibility index (Phi) is 5.83. The van der Waals surface area contributed by atoms with Gasteiger partial charge in [0.25, 0.3) is 0 Å². The molecule has 0 radical (unpaired) electrons. The first kappa shape index (κ1) is 18.5. The molecule has 1 aromatic carbocycles. The zero-order chi connectivity index (χ0) is 17.3. The van der Waals surface area contributed by atoms with Crippen LogP contribution in [-0.4, -0.2) is 17.7 Å². The molecule has 1 saturated carbocycles. The molecule has 132 valence electrons. The highest BCUT2D eigenvalue weighted by Gasteiger charge is 2.49. The lowest BCUT2D eigenvalue weighted by Crippen LogP contribution is -2.32. The number of benzene rings is 1. The van der Waals surface area contributed by atoms with Crippen molar-refractivity contribution in [2.75, 3.05) is 11.9 Å². The third-order valence-electron chi connectivity index (χ3n) is 5.60. The molecule has 3 rings (SSSR count). The number of rotatable bonds is 6. The summed E-state index contributed by atoms with van der Waals surface area (Å²) in [6.45, 7) is 2.71. The summed E-state index contributed by atoms with van der Waals surface area (Å²) in [4.78, 5) is 13.1. The number of hydrogen-bond donors (Lipinski definition) is 0. The fraction of sp³-hybridized carbons (Fsp3) is 0.632. The molecule has 2 nitrogen and oxygen atoms in total. The van der Waals surface area contributed by atoms with E-state index in [9.17, 15) is 4.79 Å². The molecule has 1 aromatic rings. The Bertz CT molecular complexity index is 641. The predicted octanol–water partition coefficient (Wildman–Crippen LogP) is 6.48. The second-order valence-electron chi connectivity index (χ2n) is 7.19. The van der Waals surface area contributed by atoms with Crippen molar-refractivity contribution in [3.63, 3.8) is 0 Å². The number of ether oxygens (including phenoxy) is 1. The molecule has 1 fully saturated rings. The van der Waals surface area contributed by atoms with Crippen molar-refractivity contribution >= 4 is 44.9 Å². The summed E-state index contributed by atoms with van der Waals surface area (Å²) in [5, 5.41) is 1.71. The first-order valence-corrected chi connectivity index (χ1v) is 10.6. The summed E-state index contributed by atoms with van der Waals surface area (Å²) in [6, 6.07) is 1.94. The van der Waals surface area contributed by atoms with Gasteiger partial charge in [-0.15, -0.1) is 0 Å². The van der Waals surface area contributed by atoms with Gasteiger partial charge < -0.3 is 4.74 Å². The average molecular weight is 434 g/mol. The summed E-state index contributed by atoms with van der Waals surface area (Å²) in [5.74, 6) is 1.23. The topological polar surface area (TPSA) is 26.3 Å². The van der Waals surface area contributed by atoms with Crippen molar-refractivity contribution in [2.45, 2.75) is 51.9 Å². The summed E-state index contributed by atoms with van der Waals surface area (Å²) in [5.41, 5.74) is 1.29. The van der Waals surface area contributed by atoms with Gasteiger partial charge in [-0.25, -0.2) is 0 Å². The van der Waals surface area contributed by atoms with E-state index in [0.29, 0.717) is 33.9 Å². The number of halogens is 3. The van der Waals surface area contributed by atoms with Crippen molar-refractivity contribution in [1.82, 2.24) is 0 Å². The zero-order valence-electron chi connectivity index (χ0n) is 14.0. The number of Topliss-reactive ketones (excluding diaryl/α,β-unsaturated/α-hetero) is 1. The number of ketones is 1. The number of alkyl halides is 1. The summed E-state index contributed by atoms with van der Waals surface area (Å²) in [6.07, 6.45) is 7.47.